The molecule has 1 atom stereocenters. The van der Waals surface area contributed by atoms with Gasteiger partial charge in [-0.1, -0.05) is 17.3 Å². The van der Waals surface area contributed by atoms with E-state index in [0.717, 1.165) is 12.0 Å². The Hall–Kier alpha value is -3.22. The number of amides is 1. The van der Waals surface area contributed by atoms with Crippen LogP contribution in [0.3, 0.4) is 0 Å². The van der Waals surface area contributed by atoms with E-state index in [1.165, 1.54) is 0 Å². The number of benzene rings is 1. The summed E-state index contributed by atoms with van der Waals surface area (Å²) in [5.74, 6) is 1.41. The Morgan fingerprint density at radius 3 is 2.92 bits per heavy atom. The van der Waals surface area contributed by atoms with Gasteiger partial charge in [0, 0.05) is 24.5 Å². The largest absolute Gasteiger partial charge is 0.493 e. The molecule has 3 heterocycles. The summed E-state index contributed by atoms with van der Waals surface area (Å²) in [6.07, 6.45) is 4.15. The van der Waals surface area contributed by atoms with Gasteiger partial charge in [0.15, 0.2) is 0 Å². The molecule has 4 rings (SSSR count). The minimum Gasteiger partial charge on any atom is -0.493 e. The summed E-state index contributed by atoms with van der Waals surface area (Å²) in [6, 6.07) is 10.7. The van der Waals surface area contributed by atoms with Crippen LogP contribution in [0.5, 0.6) is 5.75 Å². The van der Waals surface area contributed by atoms with Crippen molar-refractivity contribution >= 4 is 5.91 Å². The van der Waals surface area contributed by atoms with E-state index in [-0.39, 0.29) is 11.9 Å². The fourth-order valence-corrected chi connectivity index (χ4v) is 2.95. The number of hydrogen-bond acceptors (Lipinski definition) is 6. The summed E-state index contributed by atoms with van der Waals surface area (Å²) < 4.78 is 11.0. The smallest absolute Gasteiger partial charge is 0.258 e. The second-order valence-electron chi connectivity index (χ2n) is 5.93. The van der Waals surface area contributed by atoms with Crippen molar-refractivity contribution in [3.8, 4) is 17.1 Å². The Labute approximate surface area is 150 Å². The molecule has 1 saturated heterocycles. The third-order valence-corrected chi connectivity index (χ3v) is 4.34. The Kier molecular flexibility index (Phi) is 4.35. The molecule has 1 aliphatic rings. The summed E-state index contributed by atoms with van der Waals surface area (Å²) in [4.78, 5) is 23.2. The lowest BCUT2D eigenvalue weighted by molar-refractivity contribution is 0.0375. The zero-order valence-corrected chi connectivity index (χ0v) is 14.3. The maximum absolute atomic E-state index is 12.9. The Bertz CT molecular complexity index is 910. The van der Waals surface area contributed by atoms with Crippen LogP contribution in [0.4, 0.5) is 0 Å². The number of carbonyl (C=O) groups is 1. The fourth-order valence-electron chi connectivity index (χ4n) is 2.95. The molecule has 1 aromatic carbocycles. The summed E-state index contributed by atoms with van der Waals surface area (Å²) in [5, 5.41) is 4.01. The van der Waals surface area contributed by atoms with E-state index in [1.54, 1.807) is 29.4 Å². The van der Waals surface area contributed by atoms with Gasteiger partial charge in [-0.05, 0) is 37.6 Å². The molecule has 0 aliphatic carbocycles. The molecule has 0 unspecified atom stereocenters. The van der Waals surface area contributed by atoms with Crippen LogP contribution >= 0.6 is 0 Å². The van der Waals surface area contributed by atoms with Crippen LogP contribution in [0.25, 0.3) is 11.4 Å². The number of nitrogens with zero attached hydrogens (tertiary/aromatic N) is 4. The van der Waals surface area contributed by atoms with Crippen LogP contribution in [-0.2, 0) is 0 Å². The van der Waals surface area contributed by atoms with Crippen molar-refractivity contribution in [1.82, 2.24) is 20.0 Å². The first-order valence-corrected chi connectivity index (χ1v) is 8.54. The number of hydrogen-bond donors (Lipinski definition) is 0. The third-order valence-electron chi connectivity index (χ3n) is 4.34. The molecular formula is C19H18N4O3. The van der Waals surface area contributed by atoms with Crippen LogP contribution in [-0.4, -0.2) is 39.1 Å². The lowest BCUT2D eigenvalue weighted by atomic mass is 10.0. The molecule has 1 aliphatic heterocycles. The molecule has 7 nitrogen and oxygen atoms in total. The van der Waals surface area contributed by atoms with Gasteiger partial charge < -0.3 is 14.2 Å². The molecule has 0 bridgehead atoms. The van der Waals surface area contributed by atoms with Crippen molar-refractivity contribution < 1.29 is 14.1 Å². The molecule has 26 heavy (non-hydrogen) atoms. The van der Waals surface area contributed by atoms with Crippen molar-refractivity contribution in [3.05, 3.63) is 60.2 Å². The van der Waals surface area contributed by atoms with Gasteiger partial charge in [-0.15, -0.1) is 0 Å². The molecule has 7 heteroatoms. The van der Waals surface area contributed by atoms with Crippen LogP contribution in [0.2, 0.25) is 0 Å². The second kappa shape index (κ2) is 6.95. The zero-order chi connectivity index (χ0) is 17.9. The van der Waals surface area contributed by atoms with Gasteiger partial charge in [0.1, 0.15) is 11.8 Å². The lowest BCUT2D eigenvalue weighted by Crippen LogP contribution is -2.45. The van der Waals surface area contributed by atoms with E-state index < -0.39 is 0 Å². The summed E-state index contributed by atoms with van der Waals surface area (Å²) >= 11 is 0. The van der Waals surface area contributed by atoms with Crippen LogP contribution in [0.1, 0.15) is 35.6 Å². The molecule has 0 saturated carbocycles. The Morgan fingerprint density at radius 1 is 1.31 bits per heavy atom. The minimum absolute atomic E-state index is 0.0913. The first-order chi connectivity index (χ1) is 12.8. The Morgan fingerprint density at radius 2 is 2.19 bits per heavy atom. The van der Waals surface area contributed by atoms with E-state index in [2.05, 4.69) is 15.1 Å². The monoisotopic (exact) mass is 350 g/mol. The first-order valence-electron chi connectivity index (χ1n) is 8.54. The quantitative estimate of drug-likeness (QED) is 0.703. The highest BCUT2D eigenvalue weighted by Crippen LogP contribution is 2.35. The molecule has 1 fully saturated rings. The number of aromatic nitrogens is 3. The fraction of sp³-hybridized carbons (Fsp3) is 0.263. The van der Waals surface area contributed by atoms with Crippen molar-refractivity contribution in [2.24, 2.45) is 0 Å². The van der Waals surface area contributed by atoms with Crippen molar-refractivity contribution in [2.75, 3.05) is 13.2 Å². The average molecular weight is 350 g/mol. The second-order valence-corrected chi connectivity index (χ2v) is 5.93. The third kappa shape index (κ3) is 2.92. The molecule has 2 aromatic heterocycles. The summed E-state index contributed by atoms with van der Waals surface area (Å²) in [7, 11) is 0. The van der Waals surface area contributed by atoms with Gasteiger partial charge in [0.25, 0.3) is 5.91 Å². The highest BCUT2D eigenvalue weighted by atomic mass is 16.5. The van der Waals surface area contributed by atoms with Crippen molar-refractivity contribution in [1.29, 1.82) is 0 Å². The number of likely N-dealkylation sites (tertiary alicyclic amines) is 1. The average Bonchev–Trinajstić information content (AvgIpc) is 3.11. The minimum atomic E-state index is -0.213. The SMILES string of the molecule is CCOc1ccccc1C(=O)N1CC[C@H]1c1nc(-c2cccnc2)no1. The number of rotatable bonds is 5. The topological polar surface area (TPSA) is 81.4 Å². The van der Waals surface area contributed by atoms with Crippen molar-refractivity contribution in [2.45, 2.75) is 19.4 Å². The molecular weight excluding hydrogens is 332 g/mol. The van der Waals surface area contributed by atoms with Crippen molar-refractivity contribution in [3.63, 3.8) is 0 Å². The van der Waals surface area contributed by atoms with E-state index in [4.69, 9.17) is 9.26 Å². The molecule has 0 N–H and O–H groups in total. The van der Waals surface area contributed by atoms with Crippen LogP contribution in [0, 0.1) is 0 Å². The van der Waals surface area contributed by atoms with Crippen LogP contribution in [0.15, 0.2) is 53.3 Å². The maximum atomic E-state index is 12.9. The number of para-hydroxylation sites is 1. The van der Waals surface area contributed by atoms with Gasteiger partial charge in [-0.3, -0.25) is 9.78 Å². The predicted molar refractivity (Wildman–Crippen MR) is 93.5 cm³/mol. The van der Waals surface area contributed by atoms with E-state index >= 15 is 0 Å². The Balaban J connectivity index is 1.55. The standard InChI is InChI=1S/C19H18N4O3/c1-2-25-16-8-4-3-7-14(16)19(24)23-11-9-15(23)18-21-17(22-26-18)13-6-5-10-20-12-13/h3-8,10,12,15H,2,9,11H2,1H3/t15-/m0/s1. The molecule has 132 valence electrons. The highest BCUT2D eigenvalue weighted by molar-refractivity contribution is 5.97. The predicted octanol–water partition coefficient (Wildman–Crippen LogP) is 3.12. The van der Waals surface area contributed by atoms with E-state index in [0.29, 0.717) is 36.2 Å². The molecule has 3 aromatic rings. The number of pyridine rings is 1. The van der Waals surface area contributed by atoms with Gasteiger partial charge in [0.2, 0.25) is 11.7 Å². The lowest BCUT2D eigenvalue weighted by Gasteiger charge is -2.38. The first kappa shape index (κ1) is 16.3. The van der Waals surface area contributed by atoms with E-state index in [9.17, 15) is 4.79 Å². The highest BCUT2D eigenvalue weighted by Gasteiger charge is 2.38. The van der Waals surface area contributed by atoms with E-state index in [1.807, 2.05) is 31.2 Å². The summed E-state index contributed by atoms with van der Waals surface area (Å²) in [6.45, 7) is 3.05. The van der Waals surface area contributed by atoms with Crippen LogP contribution < -0.4 is 4.74 Å². The van der Waals surface area contributed by atoms with Gasteiger partial charge in [-0.25, -0.2) is 0 Å². The van der Waals surface area contributed by atoms with Gasteiger partial charge in [-0.2, -0.15) is 4.98 Å². The number of ether oxygens (including phenoxy) is 1. The molecule has 0 radical (unpaired) electrons. The zero-order valence-electron chi connectivity index (χ0n) is 14.3. The maximum Gasteiger partial charge on any atom is 0.258 e. The number of carbonyl (C=O) groups excluding carboxylic acids is 1. The van der Waals surface area contributed by atoms with Gasteiger partial charge in [0.05, 0.1) is 12.2 Å². The normalized spacial score (nSPS) is 16.2. The molecule has 0 spiro atoms. The summed E-state index contributed by atoms with van der Waals surface area (Å²) in [5.41, 5.74) is 1.33. The van der Waals surface area contributed by atoms with Gasteiger partial charge >= 0.3 is 0 Å². The molecule has 1 amide bonds.